The minimum Gasteiger partial charge on any atom is -0.378 e. The zero-order valence-corrected chi connectivity index (χ0v) is 13.3. The van der Waals surface area contributed by atoms with Crippen molar-refractivity contribution >= 4 is 34.4 Å². The second-order valence-corrected chi connectivity index (χ2v) is 5.64. The van der Waals surface area contributed by atoms with Gasteiger partial charge in [0.05, 0.1) is 18.8 Å². The summed E-state index contributed by atoms with van der Waals surface area (Å²) in [4.78, 5) is 25.6. The minimum absolute atomic E-state index is 0.0661. The molecule has 0 aromatic heterocycles. The topological polar surface area (TPSA) is 58.6 Å². The maximum Gasteiger partial charge on any atom is 0.252 e. The largest absolute Gasteiger partial charge is 0.378 e. The van der Waals surface area contributed by atoms with Crippen molar-refractivity contribution in [1.82, 2.24) is 10.2 Å². The number of halogens is 1. The summed E-state index contributed by atoms with van der Waals surface area (Å²) in [5.41, 5.74) is 0.645. The van der Waals surface area contributed by atoms with E-state index in [4.69, 9.17) is 4.74 Å². The van der Waals surface area contributed by atoms with Gasteiger partial charge in [0.1, 0.15) is 0 Å². The highest BCUT2D eigenvalue weighted by Crippen LogP contribution is 2.11. The second-order valence-electron chi connectivity index (χ2n) is 4.48. The number of hydrogen-bond donors (Lipinski definition) is 1. The molecule has 1 heterocycles. The van der Waals surface area contributed by atoms with Gasteiger partial charge in [-0.1, -0.05) is 12.1 Å². The zero-order valence-electron chi connectivity index (χ0n) is 11.1. The van der Waals surface area contributed by atoms with E-state index in [1.54, 1.807) is 11.0 Å². The van der Waals surface area contributed by atoms with E-state index in [1.165, 1.54) is 0 Å². The van der Waals surface area contributed by atoms with Crippen LogP contribution < -0.4 is 5.32 Å². The van der Waals surface area contributed by atoms with Crippen LogP contribution in [0.4, 0.5) is 0 Å². The van der Waals surface area contributed by atoms with Gasteiger partial charge in [0, 0.05) is 29.6 Å². The summed E-state index contributed by atoms with van der Waals surface area (Å²) in [6.45, 7) is 2.84. The van der Waals surface area contributed by atoms with Gasteiger partial charge in [-0.2, -0.15) is 0 Å². The first-order valence-corrected chi connectivity index (χ1v) is 7.64. The van der Waals surface area contributed by atoms with Gasteiger partial charge < -0.3 is 15.0 Å². The molecule has 0 saturated carbocycles. The molecular weight excluding hydrogens is 371 g/mol. The molecule has 0 spiro atoms. The monoisotopic (exact) mass is 388 g/mol. The van der Waals surface area contributed by atoms with E-state index in [0.29, 0.717) is 44.8 Å². The van der Waals surface area contributed by atoms with Gasteiger partial charge in [-0.15, -0.1) is 0 Å². The number of hydrogen-bond acceptors (Lipinski definition) is 3. The molecule has 5 nitrogen and oxygen atoms in total. The van der Waals surface area contributed by atoms with Crippen molar-refractivity contribution in [1.29, 1.82) is 0 Å². The predicted molar refractivity (Wildman–Crippen MR) is 83.5 cm³/mol. The van der Waals surface area contributed by atoms with E-state index >= 15 is 0 Å². The van der Waals surface area contributed by atoms with E-state index in [9.17, 15) is 9.59 Å². The Morgan fingerprint density at radius 3 is 2.65 bits per heavy atom. The molecular formula is C14H17IN2O3. The Morgan fingerprint density at radius 2 is 1.95 bits per heavy atom. The molecule has 1 saturated heterocycles. The van der Waals surface area contributed by atoms with Crippen LogP contribution in [-0.2, 0) is 9.53 Å². The van der Waals surface area contributed by atoms with Crippen molar-refractivity contribution in [3.8, 4) is 0 Å². The second kappa shape index (κ2) is 7.58. The lowest BCUT2D eigenvalue weighted by atomic mass is 10.2. The molecule has 1 aromatic rings. The van der Waals surface area contributed by atoms with Crippen LogP contribution in [-0.4, -0.2) is 49.6 Å². The third kappa shape index (κ3) is 4.17. The number of benzene rings is 1. The van der Waals surface area contributed by atoms with Gasteiger partial charge in [-0.05, 0) is 34.7 Å². The lowest BCUT2D eigenvalue weighted by Crippen LogP contribution is -2.42. The molecule has 1 aromatic carbocycles. The van der Waals surface area contributed by atoms with Crippen LogP contribution in [0.15, 0.2) is 24.3 Å². The average molecular weight is 388 g/mol. The Balaban J connectivity index is 1.76. The molecule has 0 unspecified atom stereocenters. The molecule has 1 aliphatic rings. The molecule has 1 fully saturated rings. The van der Waals surface area contributed by atoms with Gasteiger partial charge in [0.2, 0.25) is 5.91 Å². The quantitative estimate of drug-likeness (QED) is 0.791. The molecule has 0 radical (unpaired) electrons. The van der Waals surface area contributed by atoms with Crippen LogP contribution in [0.1, 0.15) is 16.8 Å². The molecule has 0 aliphatic carbocycles. The molecule has 1 aliphatic heterocycles. The molecule has 0 bridgehead atoms. The number of ether oxygens (including phenoxy) is 1. The van der Waals surface area contributed by atoms with E-state index in [2.05, 4.69) is 27.9 Å². The highest BCUT2D eigenvalue weighted by molar-refractivity contribution is 14.1. The van der Waals surface area contributed by atoms with E-state index in [0.717, 1.165) is 3.57 Å². The first-order chi connectivity index (χ1) is 9.68. The lowest BCUT2D eigenvalue weighted by molar-refractivity contribution is -0.135. The molecule has 1 N–H and O–H groups in total. The van der Waals surface area contributed by atoms with Crippen LogP contribution in [0.5, 0.6) is 0 Å². The van der Waals surface area contributed by atoms with Crippen LogP contribution in [0.2, 0.25) is 0 Å². The minimum atomic E-state index is -0.134. The van der Waals surface area contributed by atoms with Crippen LogP contribution in [0.3, 0.4) is 0 Å². The Bertz CT molecular complexity index is 487. The summed E-state index contributed by atoms with van der Waals surface area (Å²) < 4.78 is 6.10. The van der Waals surface area contributed by atoms with Gasteiger partial charge >= 0.3 is 0 Å². The number of morpholine rings is 1. The highest BCUT2D eigenvalue weighted by atomic mass is 127. The Hall–Kier alpha value is -1.15. The summed E-state index contributed by atoms with van der Waals surface area (Å²) >= 11 is 2.13. The number of carbonyl (C=O) groups excluding carboxylic acids is 2. The number of amides is 2. The van der Waals surface area contributed by atoms with Gasteiger partial charge in [0.25, 0.3) is 5.91 Å². The highest BCUT2D eigenvalue weighted by Gasteiger charge is 2.16. The van der Waals surface area contributed by atoms with Crippen LogP contribution >= 0.6 is 22.6 Å². The third-order valence-corrected chi connectivity index (χ3v) is 4.05. The normalized spacial score (nSPS) is 14.9. The number of rotatable bonds is 4. The van der Waals surface area contributed by atoms with Crippen molar-refractivity contribution in [3.63, 3.8) is 0 Å². The Kier molecular flexibility index (Phi) is 5.78. The Labute approximate surface area is 131 Å². The molecule has 6 heteroatoms. The fraction of sp³-hybridized carbons (Fsp3) is 0.429. The number of carbonyl (C=O) groups is 2. The summed E-state index contributed by atoms with van der Waals surface area (Å²) in [5.74, 6) is -0.0684. The van der Waals surface area contributed by atoms with Crippen LogP contribution in [0.25, 0.3) is 0 Å². The van der Waals surface area contributed by atoms with Crippen molar-refractivity contribution in [3.05, 3.63) is 33.4 Å². The average Bonchev–Trinajstić information content (AvgIpc) is 2.48. The first kappa shape index (κ1) is 15.2. The zero-order chi connectivity index (χ0) is 14.4. The SMILES string of the molecule is O=C(NCCC(=O)N1CCOCC1)c1ccccc1I. The summed E-state index contributed by atoms with van der Waals surface area (Å²) in [7, 11) is 0. The lowest BCUT2D eigenvalue weighted by Gasteiger charge is -2.26. The fourth-order valence-electron chi connectivity index (χ4n) is 1.99. The number of nitrogens with zero attached hydrogens (tertiary/aromatic N) is 1. The van der Waals surface area contributed by atoms with Crippen molar-refractivity contribution in [2.45, 2.75) is 6.42 Å². The van der Waals surface area contributed by atoms with Gasteiger partial charge in [-0.3, -0.25) is 9.59 Å². The van der Waals surface area contributed by atoms with Crippen molar-refractivity contribution in [2.75, 3.05) is 32.8 Å². The first-order valence-electron chi connectivity index (χ1n) is 6.57. The maximum atomic E-state index is 12.0. The summed E-state index contributed by atoms with van der Waals surface area (Å²) in [5, 5.41) is 2.79. The van der Waals surface area contributed by atoms with E-state index in [-0.39, 0.29) is 11.8 Å². The van der Waals surface area contributed by atoms with Crippen molar-refractivity contribution in [2.24, 2.45) is 0 Å². The third-order valence-electron chi connectivity index (χ3n) is 3.11. The molecule has 20 heavy (non-hydrogen) atoms. The smallest absolute Gasteiger partial charge is 0.252 e. The van der Waals surface area contributed by atoms with Gasteiger partial charge in [0.15, 0.2) is 0 Å². The fourth-order valence-corrected chi connectivity index (χ4v) is 2.63. The van der Waals surface area contributed by atoms with Crippen molar-refractivity contribution < 1.29 is 14.3 Å². The molecule has 2 amide bonds. The van der Waals surface area contributed by atoms with Crippen LogP contribution in [0, 0.1) is 3.57 Å². The number of nitrogens with one attached hydrogen (secondary N) is 1. The van der Waals surface area contributed by atoms with E-state index < -0.39 is 0 Å². The van der Waals surface area contributed by atoms with E-state index in [1.807, 2.05) is 18.2 Å². The molecule has 2 rings (SSSR count). The molecule has 0 atom stereocenters. The summed E-state index contributed by atoms with van der Waals surface area (Å²) in [6.07, 6.45) is 0.329. The standard InChI is InChI=1S/C14H17IN2O3/c15-12-4-2-1-3-11(12)14(19)16-6-5-13(18)17-7-9-20-10-8-17/h1-4H,5-10H2,(H,16,19). The van der Waals surface area contributed by atoms with Gasteiger partial charge in [-0.25, -0.2) is 0 Å². The Morgan fingerprint density at radius 1 is 1.25 bits per heavy atom. The summed E-state index contributed by atoms with van der Waals surface area (Å²) in [6, 6.07) is 7.38. The maximum absolute atomic E-state index is 12.0. The predicted octanol–water partition coefficient (Wildman–Crippen LogP) is 1.27. The molecule has 108 valence electrons.